The van der Waals surface area contributed by atoms with Crippen molar-refractivity contribution in [3.8, 4) is 22.8 Å². The fourth-order valence-electron chi connectivity index (χ4n) is 8.33. The second-order valence-corrected chi connectivity index (χ2v) is 19.6. The van der Waals surface area contributed by atoms with E-state index in [9.17, 15) is 0 Å². The SMILES string of the molecule is CC(C)CCCC(C)CCOc1ccc2cc(C3=N\S(F)(F)n4c(ccc4-c4ccc5cc(OCCC(C)CCCC(C)C)ccc5c4)/C(c4ccccc4)=C/C=C\3)ccc2c1. The lowest BCUT2D eigenvalue weighted by atomic mass is 9.98. The molecule has 326 valence electrons. The molecular weight excluding hydrogens is 791 g/mol. The smallest absolute Gasteiger partial charge is 0.253 e. The number of ether oxygens (including phenoxy) is 2. The molecule has 1 aliphatic heterocycles. The minimum absolute atomic E-state index is 0.228. The van der Waals surface area contributed by atoms with Crippen LogP contribution < -0.4 is 9.47 Å². The van der Waals surface area contributed by atoms with E-state index >= 15 is 7.77 Å². The third-order valence-electron chi connectivity index (χ3n) is 12.1. The minimum Gasteiger partial charge on any atom is -0.494 e. The normalized spacial score (nSPS) is 17.6. The van der Waals surface area contributed by atoms with E-state index < -0.39 is 11.2 Å². The summed E-state index contributed by atoms with van der Waals surface area (Å²) in [4.78, 5) is 0. The molecule has 5 aromatic carbocycles. The third-order valence-corrected chi connectivity index (χ3v) is 13.3. The summed E-state index contributed by atoms with van der Waals surface area (Å²) in [5.41, 5.74) is 3.93. The molecule has 0 amide bonds. The quantitative estimate of drug-likeness (QED) is 0.0814. The standard InChI is InChI=1S/C55H64F2N2O2S/c1-39(2)13-10-15-41(5)31-33-60-50-27-25-44-35-48(23-21-46(44)37-50)53-20-12-19-52(43-17-8-7-9-18-43)55-30-29-54(59(55)62(56,57)58-53)49-24-22-47-38-51(28-26-45(47)36-49)61-34-32-42(6)16-11-14-40(3)4/h7-9,12,17-30,35-42H,10-11,13-16,31-34H2,1-6H3/b20-12-,52-19+,58-53-. The van der Waals surface area contributed by atoms with Crippen LogP contribution in [0.1, 0.15) is 110 Å². The van der Waals surface area contributed by atoms with Crippen molar-refractivity contribution in [2.45, 2.75) is 92.9 Å². The van der Waals surface area contributed by atoms with Gasteiger partial charge in [0.1, 0.15) is 11.5 Å². The molecule has 6 aromatic rings. The van der Waals surface area contributed by atoms with Gasteiger partial charge in [-0.05, 0) is 124 Å². The first-order valence-corrected chi connectivity index (χ1v) is 24.1. The van der Waals surface area contributed by atoms with Crippen molar-refractivity contribution >= 4 is 44.0 Å². The molecule has 2 unspecified atom stereocenters. The highest BCUT2D eigenvalue weighted by atomic mass is 32.3. The van der Waals surface area contributed by atoms with Crippen LogP contribution in [-0.2, 0) is 0 Å². The van der Waals surface area contributed by atoms with Crippen molar-refractivity contribution in [3.05, 3.63) is 150 Å². The van der Waals surface area contributed by atoms with Gasteiger partial charge in [0.25, 0.3) is 11.2 Å². The summed E-state index contributed by atoms with van der Waals surface area (Å²) >= 11 is -4.80. The Morgan fingerprint density at radius 3 is 1.63 bits per heavy atom. The Labute approximate surface area is 370 Å². The number of nitrogens with zero attached hydrogens (tertiary/aromatic N) is 2. The maximum atomic E-state index is 17.3. The molecule has 0 saturated carbocycles. The molecule has 0 N–H and O–H groups in total. The highest BCUT2D eigenvalue weighted by molar-refractivity contribution is 8.23. The summed E-state index contributed by atoms with van der Waals surface area (Å²) in [7, 11) is 0. The van der Waals surface area contributed by atoms with Crippen molar-refractivity contribution in [1.82, 2.24) is 3.97 Å². The van der Waals surface area contributed by atoms with Crippen LogP contribution in [0.2, 0.25) is 0 Å². The third kappa shape index (κ3) is 11.7. The average molecular weight is 855 g/mol. The van der Waals surface area contributed by atoms with Gasteiger partial charge in [0.05, 0.1) is 30.3 Å². The first-order chi connectivity index (χ1) is 29.9. The Bertz CT molecular complexity index is 2520. The van der Waals surface area contributed by atoms with E-state index in [2.05, 4.69) is 45.9 Å². The van der Waals surface area contributed by atoms with Crippen molar-refractivity contribution in [1.29, 1.82) is 0 Å². The van der Waals surface area contributed by atoms with E-state index in [-0.39, 0.29) is 5.71 Å². The van der Waals surface area contributed by atoms with Crippen LogP contribution in [0.3, 0.4) is 0 Å². The molecule has 62 heavy (non-hydrogen) atoms. The lowest BCUT2D eigenvalue weighted by Crippen LogP contribution is -2.08. The Balaban J connectivity index is 1.14. The summed E-state index contributed by atoms with van der Waals surface area (Å²) in [5, 5.41) is 3.87. The number of aromatic nitrogens is 1. The molecule has 0 spiro atoms. The van der Waals surface area contributed by atoms with Gasteiger partial charge < -0.3 is 9.47 Å². The zero-order valence-electron chi connectivity index (χ0n) is 37.5. The first kappa shape index (κ1) is 44.9. The molecule has 4 nitrogen and oxygen atoms in total. The number of hydrogen-bond donors (Lipinski definition) is 0. The minimum atomic E-state index is -4.80. The molecule has 0 saturated heterocycles. The molecule has 0 bridgehead atoms. The molecule has 0 aliphatic carbocycles. The van der Waals surface area contributed by atoms with Gasteiger partial charge in [0.15, 0.2) is 0 Å². The lowest BCUT2D eigenvalue weighted by Gasteiger charge is -2.25. The molecule has 7 rings (SSSR count). The second kappa shape index (κ2) is 20.8. The molecule has 2 atom stereocenters. The Morgan fingerprint density at radius 1 is 0.532 bits per heavy atom. The Morgan fingerprint density at radius 2 is 1.05 bits per heavy atom. The van der Waals surface area contributed by atoms with Crippen LogP contribution in [0.25, 0.3) is 38.4 Å². The largest absolute Gasteiger partial charge is 0.494 e. The maximum absolute atomic E-state index is 17.3. The summed E-state index contributed by atoms with van der Waals surface area (Å²) in [6.07, 6.45) is 15.0. The van der Waals surface area contributed by atoms with Gasteiger partial charge in [-0.15, -0.1) is 7.77 Å². The van der Waals surface area contributed by atoms with Crippen LogP contribution in [0.4, 0.5) is 7.77 Å². The number of allylic oxidation sites excluding steroid dienone is 3. The Hall–Kier alpha value is -5.14. The molecule has 1 aliphatic rings. The van der Waals surface area contributed by atoms with E-state index in [1.807, 2.05) is 115 Å². The van der Waals surface area contributed by atoms with Crippen LogP contribution in [0.15, 0.2) is 138 Å². The lowest BCUT2D eigenvalue weighted by molar-refractivity contribution is 0.276. The van der Waals surface area contributed by atoms with Gasteiger partial charge in [-0.25, -0.2) is 3.97 Å². The molecule has 0 fully saturated rings. The average Bonchev–Trinajstić information content (AvgIpc) is 3.72. The van der Waals surface area contributed by atoms with Crippen molar-refractivity contribution < 1.29 is 17.2 Å². The van der Waals surface area contributed by atoms with Gasteiger partial charge in [-0.1, -0.05) is 159 Å². The van der Waals surface area contributed by atoms with Crippen LogP contribution in [0.5, 0.6) is 11.5 Å². The van der Waals surface area contributed by atoms with Gasteiger partial charge >= 0.3 is 0 Å². The predicted molar refractivity (Wildman–Crippen MR) is 262 cm³/mol. The Kier molecular flexibility index (Phi) is 15.1. The van der Waals surface area contributed by atoms with Gasteiger partial charge in [-0.3, -0.25) is 0 Å². The topological polar surface area (TPSA) is 35.8 Å². The van der Waals surface area contributed by atoms with Crippen LogP contribution in [-0.4, -0.2) is 22.9 Å². The second-order valence-electron chi connectivity index (χ2n) is 18.2. The summed E-state index contributed by atoms with van der Waals surface area (Å²) in [6, 6.07) is 37.1. The van der Waals surface area contributed by atoms with Crippen LogP contribution >= 0.6 is 11.2 Å². The monoisotopic (exact) mass is 854 g/mol. The zero-order valence-corrected chi connectivity index (χ0v) is 38.3. The molecule has 2 heterocycles. The number of hydrogen-bond acceptors (Lipinski definition) is 3. The number of benzene rings is 5. The van der Waals surface area contributed by atoms with Gasteiger partial charge in [-0.2, -0.15) is 4.40 Å². The van der Waals surface area contributed by atoms with E-state index in [0.717, 1.165) is 63.3 Å². The van der Waals surface area contributed by atoms with Crippen LogP contribution in [0, 0.1) is 23.7 Å². The maximum Gasteiger partial charge on any atom is 0.253 e. The number of fused-ring (bicyclic) bond motifs is 3. The summed E-state index contributed by atoms with van der Waals surface area (Å²) in [6.45, 7) is 15.0. The van der Waals surface area contributed by atoms with E-state index in [1.54, 1.807) is 18.2 Å². The van der Waals surface area contributed by atoms with Crippen molar-refractivity contribution in [3.63, 3.8) is 0 Å². The first-order valence-electron chi connectivity index (χ1n) is 22.8. The molecule has 7 heteroatoms. The van der Waals surface area contributed by atoms with E-state index in [1.165, 1.54) is 42.5 Å². The molecule has 0 radical (unpaired) electrons. The van der Waals surface area contributed by atoms with Gasteiger partial charge in [0.2, 0.25) is 0 Å². The number of halogens is 2. The summed E-state index contributed by atoms with van der Waals surface area (Å²) < 4.78 is 52.4. The highest BCUT2D eigenvalue weighted by Gasteiger charge is 2.33. The van der Waals surface area contributed by atoms with Crippen molar-refractivity contribution in [2.24, 2.45) is 28.1 Å². The fraction of sp³-hybridized carbons (Fsp3) is 0.364. The predicted octanol–water partition coefficient (Wildman–Crippen LogP) is 16.7. The fourth-order valence-corrected chi connectivity index (χ4v) is 9.62. The number of rotatable bonds is 19. The molecule has 1 aromatic heterocycles. The van der Waals surface area contributed by atoms with E-state index in [4.69, 9.17) is 9.47 Å². The molecular formula is C55H64F2N2O2S. The van der Waals surface area contributed by atoms with Gasteiger partial charge in [0, 0.05) is 11.1 Å². The summed E-state index contributed by atoms with van der Waals surface area (Å²) in [5.74, 6) is 4.35. The van der Waals surface area contributed by atoms with Crippen molar-refractivity contribution in [2.75, 3.05) is 13.2 Å². The highest BCUT2D eigenvalue weighted by Crippen LogP contribution is 2.59. The van der Waals surface area contributed by atoms with E-state index in [0.29, 0.717) is 53.1 Å². The zero-order chi connectivity index (χ0) is 43.6.